The molecule has 0 aliphatic rings. The van der Waals surface area contributed by atoms with E-state index >= 15 is 0 Å². The van der Waals surface area contributed by atoms with Crippen molar-refractivity contribution in [3.8, 4) is 0 Å². The Morgan fingerprint density at radius 2 is 2.06 bits per heavy atom. The van der Waals surface area contributed by atoms with Gasteiger partial charge in [0, 0.05) is 7.05 Å². The number of pyridine rings is 1. The van der Waals surface area contributed by atoms with Gasteiger partial charge in [0.25, 0.3) is 0 Å². The minimum Gasteiger partial charge on any atom is -0.361 e. The fourth-order valence-corrected chi connectivity index (χ4v) is 1.76. The van der Waals surface area contributed by atoms with Crippen LogP contribution in [0.5, 0.6) is 0 Å². The van der Waals surface area contributed by atoms with Crippen molar-refractivity contribution in [2.75, 3.05) is 5.32 Å². The fourth-order valence-electron chi connectivity index (χ4n) is 1.20. The molecule has 0 spiro atoms. The number of rotatable bonds is 3. The Labute approximate surface area is 113 Å². The first-order valence-electron chi connectivity index (χ1n) is 4.66. The molecule has 5 nitrogen and oxygen atoms in total. The average molecular weight is 293 g/mol. The molecule has 0 amide bonds. The minimum absolute atomic E-state index is 0.201. The van der Waals surface area contributed by atoms with E-state index in [4.69, 9.17) is 34.8 Å². The molecule has 2 heterocycles. The number of nitrogens with one attached hydrogen (secondary N) is 1. The molecule has 90 valence electrons. The summed E-state index contributed by atoms with van der Waals surface area (Å²) in [6.45, 7) is 0.408. The Hall–Kier alpha value is -1.04. The predicted molar refractivity (Wildman–Crippen MR) is 67.6 cm³/mol. The summed E-state index contributed by atoms with van der Waals surface area (Å²) in [5.74, 6) is 1.09. The highest BCUT2D eigenvalue weighted by molar-refractivity contribution is 6.42. The van der Waals surface area contributed by atoms with E-state index in [0.717, 1.165) is 0 Å². The molecule has 2 rings (SSSR count). The van der Waals surface area contributed by atoms with Crippen LogP contribution in [0.4, 0.5) is 5.82 Å². The van der Waals surface area contributed by atoms with Gasteiger partial charge >= 0.3 is 0 Å². The summed E-state index contributed by atoms with van der Waals surface area (Å²) in [6, 6.07) is 1.53. The Morgan fingerprint density at radius 3 is 2.71 bits per heavy atom. The fraction of sp³-hybridized carbons (Fsp3) is 0.222. The molecule has 0 aliphatic carbocycles. The standard InChI is InChI=1S/C9H8Cl3N5/c1-17-4-14-7(16-17)3-13-9-6(11)2-5(10)8(12)15-9/h2,4H,3H2,1H3,(H,13,15). The molecule has 0 aliphatic heterocycles. The second kappa shape index (κ2) is 5.08. The molecular weight excluding hydrogens is 284 g/mol. The molecule has 0 aromatic carbocycles. The van der Waals surface area contributed by atoms with E-state index in [2.05, 4.69) is 20.4 Å². The minimum atomic E-state index is 0.201. The van der Waals surface area contributed by atoms with Crippen molar-refractivity contribution in [1.29, 1.82) is 0 Å². The summed E-state index contributed by atoms with van der Waals surface area (Å²) >= 11 is 17.5. The van der Waals surface area contributed by atoms with Gasteiger partial charge in [0.15, 0.2) is 5.82 Å². The molecule has 0 unspecified atom stereocenters. The maximum absolute atomic E-state index is 5.96. The first kappa shape index (κ1) is 12.4. The van der Waals surface area contributed by atoms with Crippen molar-refractivity contribution in [2.24, 2.45) is 7.05 Å². The number of hydrogen-bond acceptors (Lipinski definition) is 4. The topological polar surface area (TPSA) is 55.6 Å². The first-order valence-corrected chi connectivity index (χ1v) is 5.79. The Bertz CT molecular complexity index is 539. The number of nitrogens with zero attached hydrogens (tertiary/aromatic N) is 4. The van der Waals surface area contributed by atoms with Crippen LogP contribution in [-0.4, -0.2) is 19.7 Å². The van der Waals surface area contributed by atoms with Crippen molar-refractivity contribution in [3.63, 3.8) is 0 Å². The Balaban J connectivity index is 2.11. The van der Waals surface area contributed by atoms with E-state index in [-0.39, 0.29) is 5.15 Å². The SMILES string of the molecule is Cn1cnc(CNc2nc(Cl)c(Cl)cc2Cl)n1. The second-order valence-electron chi connectivity index (χ2n) is 3.28. The Morgan fingerprint density at radius 1 is 1.29 bits per heavy atom. The van der Waals surface area contributed by atoms with E-state index in [1.54, 1.807) is 18.1 Å². The van der Waals surface area contributed by atoms with Gasteiger partial charge < -0.3 is 5.32 Å². The van der Waals surface area contributed by atoms with E-state index in [0.29, 0.717) is 28.2 Å². The average Bonchev–Trinajstić information content (AvgIpc) is 2.68. The van der Waals surface area contributed by atoms with Crippen molar-refractivity contribution in [1.82, 2.24) is 19.7 Å². The highest BCUT2D eigenvalue weighted by atomic mass is 35.5. The lowest BCUT2D eigenvalue weighted by Gasteiger charge is -2.06. The lowest BCUT2D eigenvalue weighted by molar-refractivity contribution is 0.747. The van der Waals surface area contributed by atoms with Crippen LogP contribution in [0, 0.1) is 0 Å². The van der Waals surface area contributed by atoms with Gasteiger partial charge in [-0.2, -0.15) is 5.10 Å². The normalized spacial score (nSPS) is 10.6. The summed E-state index contributed by atoms with van der Waals surface area (Å²) < 4.78 is 1.61. The van der Waals surface area contributed by atoms with Gasteiger partial charge in [-0.1, -0.05) is 34.8 Å². The van der Waals surface area contributed by atoms with E-state index in [1.165, 1.54) is 6.07 Å². The van der Waals surface area contributed by atoms with E-state index < -0.39 is 0 Å². The molecule has 2 aromatic rings. The van der Waals surface area contributed by atoms with Crippen molar-refractivity contribution < 1.29 is 0 Å². The third-order valence-corrected chi connectivity index (χ3v) is 2.91. The van der Waals surface area contributed by atoms with Crippen molar-refractivity contribution in [2.45, 2.75) is 6.54 Å². The van der Waals surface area contributed by atoms with Crippen LogP contribution >= 0.6 is 34.8 Å². The maximum atomic E-state index is 5.96. The predicted octanol–water partition coefficient (Wildman–Crippen LogP) is 2.78. The van der Waals surface area contributed by atoms with E-state index in [9.17, 15) is 0 Å². The molecular formula is C9H8Cl3N5. The van der Waals surface area contributed by atoms with Gasteiger partial charge in [-0.3, -0.25) is 4.68 Å². The number of aryl methyl sites for hydroxylation is 1. The molecule has 0 bridgehead atoms. The third-order valence-electron chi connectivity index (χ3n) is 1.95. The second-order valence-corrected chi connectivity index (χ2v) is 4.45. The number of hydrogen-bond donors (Lipinski definition) is 1. The largest absolute Gasteiger partial charge is 0.361 e. The van der Waals surface area contributed by atoms with Gasteiger partial charge in [0.2, 0.25) is 0 Å². The zero-order valence-electron chi connectivity index (χ0n) is 8.78. The molecule has 1 N–H and O–H groups in total. The summed E-state index contributed by atoms with van der Waals surface area (Å²) in [5, 5.41) is 8.01. The van der Waals surface area contributed by atoms with Gasteiger partial charge in [-0.25, -0.2) is 9.97 Å². The smallest absolute Gasteiger partial charge is 0.169 e. The lowest BCUT2D eigenvalue weighted by Crippen LogP contribution is -2.04. The third kappa shape index (κ3) is 3.00. The summed E-state index contributed by atoms with van der Waals surface area (Å²) in [4.78, 5) is 8.08. The van der Waals surface area contributed by atoms with Gasteiger partial charge in [-0.05, 0) is 6.07 Å². The zero-order chi connectivity index (χ0) is 12.4. The summed E-state index contributed by atoms with van der Waals surface area (Å²) in [7, 11) is 1.79. The molecule has 0 fully saturated rings. The molecule has 17 heavy (non-hydrogen) atoms. The quantitative estimate of drug-likeness (QED) is 0.884. The molecule has 0 atom stereocenters. The van der Waals surface area contributed by atoms with Crippen LogP contribution in [0.3, 0.4) is 0 Å². The number of halogens is 3. The summed E-state index contributed by atoms with van der Waals surface area (Å²) in [5.41, 5.74) is 0. The highest BCUT2D eigenvalue weighted by Crippen LogP contribution is 2.28. The lowest BCUT2D eigenvalue weighted by atomic mass is 10.4. The van der Waals surface area contributed by atoms with Crippen LogP contribution in [0.1, 0.15) is 5.82 Å². The Kier molecular flexibility index (Phi) is 3.71. The van der Waals surface area contributed by atoms with E-state index in [1.807, 2.05) is 0 Å². The molecule has 0 radical (unpaired) electrons. The first-order chi connectivity index (χ1) is 8.06. The molecule has 2 aromatic heterocycles. The monoisotopic (exact) mass is 291 g/mol. The van der Waals surface area contributed by atoms with Crippen LogP contribution in [-0.2, 0) is 13.6 Å². The van der Waals surface area contributed by atoms with Crippen LogP contribution in [0.25, 0.3) is 0 Å². The van der Waals surface area contributed by atoms with Crippen molar-refractivity contribution in [3.05, 3.63) is 33.4 Å². The molecule has 0 saturated carbocycles. The molecule has 0 saturated heterocycles. The van der Waals surface area contributed by atoms with Gasteiger partial charge in [0.1, 0.15) is 17.3 Å². The number of aromatic nitrogens is 4. The van der Waals surface area contributed by atoms with Crippen LogP contribution < -0.4 is 5.32 Å². The van der Waals surface area contributed by atoms with Crippen molar-refractivity contribution >= 4 is 40.6 Å². The zero-order valence-corrected chi connectivity index (χ0v) is 11.1. The molecule has 8 heteroatoms. The maximum Gasteiger partial charge on any atom is 0.169 e. The van der Waals surface area contributed by atoms with Gasteiger partial charge in [-0.15, -0.1) is 0 Å². The van der Waals surface area contributed by atoms with Crippen LogP contribution in [0.2, 0.25) is 15.2 Å². The summed E-state index contributed by atoms with van der Waals surface area (Å²) in [6.07, 6.45) is 1.61. The van der Waals surface area contributed by atoms with Crippen LogP contribution in [0.15, 0.2) is 12.4 Å². The number of anilines is 1. The van der Waals surface area contributed by atoms with Gasteiger partial charge in [0.05, 0.1) is 16.6 Å². The highest BCUT2D eigenvalue weighted by Gasteiger charge is 2.08.